The van der Waals surface area contributed by atoms with Crippen molar-refractivity contribution in [3.63, 3.8) is 0 Å². The van der Waals surface area contributed by atoms with Crippen molar-refractivity contribution in [3.8, 4) is 0 Å². The molecule has 0 bridgehead atoms. The summed E-state index contributed by atoms with van der Waals surface area (Å²) in [6, 6.07) is -0.158. The van der Waals surface area contributed by atoms with Crippen molar-refractivity contribution in [3.05, 3.63) is 48.6 Å². The first-order chi connectivity index (χ1) is 22.5. The van der Waals surface area contributed by atoms with Gasteiger partial charge in [0, 0.05) is 0 Å². The van der Waals surface area contributed by atoms with Gasteiger partial charge in [-0.3, -0.25) is 4.90 Å². The predicted molar refractivity (Wildman–Crippen MR) is 201 cm³/mol. The third-order valence-corrected chi connectivity index (χ3v) is 9.47. The van der Waals surface area contributed by atoms with Gasteiger partial charge in [0.05, 0.1) is 24.9 Å². The minimum absolute atomic E-state index is 0.0380. The van der Waals surface area contributed by atoms with E-state index in [0.29, 0.717) is 0 Å². The lowest BCUT2D eigenvalue weighted by Crippen LogP contribution is -2.51. The van der Waals surface area contributed by atoms with Crippen molar-refractivity contribution >= 4 is 0 Å². The standard InChI is InChI=1S/C42H77NO3/c1-6-8-10-12-14-16-18-20-22-24-26-28-30-32-34-36-39-40(46-42(3,45-39)41(38-44)43(4)5)37-35-33-31-29-27-25-23-21-19-17-15-13-11-9-7-2/h14-17,20-23,39-41,44H,6-13,18-19,24-38H2,1-5H3/b16-14-,17-15-,22-20-,23-21-. The molecule has 4 heteroatoms. The van der Waals surface area contributed by atoms with E-state index in [4.69, 9.17) is 9.47 Å². The molecule has 3 unspecified atom stereocenters. The molecule has 0 saturated carbocycles. The van der Waals surface area contributed by atoms with Crippen LogP contribution in [-0.4, -0.2) is 54.7 Å². The molecule has 46 heavy (non-hydrogen) atoms. The summed E-state index contributed by atoms with van der Waals surface area (Å²) in [6.07, 6.45) is 48.7. The van der Waals surface area contributed by atoms with Crippen LogP contribution < -0.4 is 0 Å². The Morgan fingerprint density at radius 2 is 0.891 bits per heavy atom. The lowest BCUT2D eigenvalue weighted by atomic mass is 9.99. The van der Waals surface area contributed by atoms with E-state index in [1.807, 2.05) is 25.9 Å². The molecule has 0 radical (unpaired) electrons. The number of unbranched alkanes of at least 4 members (excludes halogenated alkanes) is 16. The highest BCUT2D eigenvalue weighted by molar-refractivity contribution is 4.94. The normalized spacial score (nSPS) is 21.4. The fourth-order valence-electron chi connectivity index (χ4n) is 6.54. The van der Waals surface area contributed by atoms with Crippen LogP contribution in [-0.2, 0) is 9.47 Å². The maximum atomic E-state index is 10.1. The van der Waals surface area contributed by atoms with Crippen LogP contribution in [0.3, 0.4) is 0 Å². The van der Waals surface area contributed by atoms with Crippen LogP contribution >= 0.6 is 0 Å². The maximum absolute atomic E-state index is 10.1. The summed E-state index contributed by atoms with van der Waals surface area (Å²) in [5, 5.41) is 10.1. The molecule has 0 aromatic rings. The van der Waals surface area contributed by atoms with E-state index in [1.165, 1.54) is 128 Å². The second-order valence-corrected chi connectivity index (χ2v) is 14.0. The number of hydrogen-bond acceptors (Lipinski definition) is 4. The zero-order valence-corrected chi connectivity index (χ0v) is 31.2. The molecule has 0 aromatic carbocycles. The Hall–Kier alpha value is -1.20. The molecule has 0 aromatic heterocycles. The molecule has 3 atom stereocenters. The second-order valence-electron chi connectivity index (χ2n) is 14.0. The summed E-state index contributed by atoms with van der Waals surface area (Å²) in [5.41, 5.74) is 0. The number of aliphatic hydroxyl groups excluding tert-OH is 1. The van der Waals surface area contributed by atoms with Gasteiger partial charge in [0.25, 0.3) is 0 Å². The van der Waals surface area contributed by atoms with E-state index < -0.39 is 5.79 Å². The Labute approximate surface area is 287 Å². The van der Waals surface area contributed by atoms with Gasteiger partial charge in [-0.25, -0.2) is 0 Å². The summed E-state index contributed by atoms with van der Waals surface area (Å²) in [7, 11) is 4.00. The predicted octanol–water partition coefficient (Wildman–Crippen LogP) is 12.0. The third-order valence-electron chi connectivity index (χ3n) is 9.47. The topological polar surface area (TPSA) is 41.9 Å². The van der Waals surface area contributed by atoms with Gasteiger partial charge >= 0.3 is 0 Å². The first-order valence-corrected chi connectivity index (χ1v) is 19.7. The summed E-state index contributed by atoms with van der Waals surface area (Å²) >= 11 is 0. The molecule has 1 rings (SSSR count). The van der Waals surface area contributed by atoms with E-state index in [1.54, 1.807) is 0 Å². The van der Waals surface area contributed by atoms with E-state index in [9.17, 15) is 5.11 Å². The third kappa shape index (κ3) is 21.6. The fourth-order valence-corrected chi connectivity index (χ4v) is 6.54. The SMILES string of the molecule is CCCCC/C=C\C/C=C\CCCCCCCC1OC(C)(C(CO)N(C)C)OC1CCCCCCC/C=C\C/C=C\CCCCC. The van der Waals surface area contributed by atoms with E-state index in [-0.39, 0.29) is 24.9 Å². The van der Waals surface area contributed by atoms with Gasteiger partial charge in [0.1, 0.15) is 0 Å². The Bertz CT molecular complexity index is 732. The van der Waals surface area contributed by atoms with Crippen LogP contribution in [0.5, 0.6) is 0 Å². The van der Waals surface area contributed by atoms with Gasteiger partial charge in [-0.15, -0.1) is 0 Å². The van der Waals surface area contributed by atoms with Crippen molar-refractivity contribution in [1.29, 1.82) is 0 Å². The number of allylic oxidation sites excluding steroid dienone is 8. The molecule has 268 valence electrons. The Morgan fingerprint density at radius 1 is 0.543 bits per heavy atom. The minimum atomic E-state index is -0.748. The molecule has 1 aliphatic rings. The highest BCUT2D eigenvalue weighted by atomic mass is 16.8. The van der Waals surface area contributed by atoms with E-state index in [0.717, 1.165) is 25.7 Å². The van der Waals surface area contributed by atoms with Crippen LogP contribution in [0, 0.1) is 0 Å². The Morgan fingerprint density at radius 3 is 1.24 bits per heavy atom. The average Bonchev–Trinajstić information content (AvgIpc) is 3.36. The molecular formula is C42H77NO3. The zero-order valence-electron chi connectivity index (χ0n) is 31.2. The van der Waals surface area contributed by atoms with Gasteiger partial charge in [-0.05, 0) is 98.1 Å². The van der Waals surface area contributed by atoms with Crippen LogP contribution in [0.4, 0.5) is 0 Å². The van der Waals surface area contributed by atoms with Crippen LogP contribution in [0.15, 0.2) is 48.6 Å². The van der Waals surface area contributed by atoms with Crippen molar-refractivity contribution < 1.29 is 14.6 Å². The number of ether oxygens (including phenoxy) is 2. The van der Waals surface area contributed by atoms with Crippen molar-refractivity contribution in [2.75, 3.05) is 20.7 Å². The maximum Gasteiger partial charge on any atom is 0.184 e. The fraction of sp³-hybridized carbons (Fsp3) is 0.810. The first kappa shape index (κ1) is 42.8. The lowest BCUT2D eigenvalue weighted by Gasteiger charge is -2.36. The minimum Gasteiger partial charge on any atom is -0.395 e. The molecule has 0 amide bonds. The van der Waals surface area contributed by atoms with Crippen LogP contribution in [0.25, 0.3) is 0 Å². The number of aliphatic hydroxyl groups is 1. The second kappa shape index (κ2) is 29.9. The summed E-state index contributed by atoms with van der Waals surface area (Å²) in [6.45, 7) is 6.59. The van der Waals surface area contributed by atoms with E-state index >= 15 is 0 Å². The number of nitrogens with zero attached hydrogens (tertiary/aromatic N) is 1. The highest BCUT2D eigenvalue weighted by Gasteiger charge is 2.49. The van der Waals surface area contributed by atoms with Gasteiger partial charge < -0.3 is 14.6 Å². The van der Waals surface area contributed by atoms with Crippen LogP contribution in [0.1, 0.15) is 175 Å². The van der Waals surface area contributed by atoms with Gasteiger partial charge in [0.2, 0.25) is 0 Å². The molecule has 0 aliphatic carbocycles. The molecule has 4 nitrogen and oxygen atoms in total. The smallest absolute Gasteiger partial charge is 0.184 e. The Balaban J connectivity index is 2.28. The quantitative estimate of drug-likeness (QED) is 0.0603. The van der Waals surface area contributed by atoms with Gasteiger partial charge in [-0.1, -0.05) is 140 Å². The van der Waals surface area contributed by atoms with Crippen LogP contribution in [0.2, 0.25) is 0 Å². The Kier molecular flexibility index (Phi) is 27.8. The number of hydrogen-bond donors (Lipinski definition) is 1. The van der Waals surface area contributed by atoms with Crippen molar-refractivity contribution in [1.82, 2.24) is 4.90 Å². The lowest BCUT2D eigenvalue weighted by molar-refractivity contribution is -0.207. The molecule has 1 heterocycles. The summed E-state index contributed by atoms with van der Waals surface area (Å²) in [5.74, 6) is -0.748. The molecule has 1 saturated heterocycles. The van der Waals surface area contributed by atoms with E-state index in [2.05, 4.69) is 62.5 Å². The molecule has 1 fully saturated rings. The molecule has 0 spiro atoms. The summed E-state index contributed by atoms with van der Waals surface area (Å²) in [4.78, 5) is 2.04. The molecule has 1 aliphatic heterocycles. The monoisotopic (exact) mass is 644 g/mol. The van der Waals surface area contributed by atoms with Gasteiger partial charge in [-0.2, -0.15) is 0 Å². The largest absolute Gasteiger partial charge is 0.395 e. The average molecular weight is 644 g/mol. The zero-order chi connectivity index (χ0) is 33.6. The number of rotatable bonds is 31. The van der Waals surface area contributed by atoms with Gasteiger partial charge in [0.15, 0.2) is 5.79 Å². The summed E-state index contributed by atoms with van der Waals surface area (Å²) < 4.78 is 13.2. The molecule has 1 N–H and O–H groups in total. The van der Waals surface area contributed by atoms with Crippen molar-refractivity contribution in [2.24, 2.45) is 0 Å². The highest BCUT2D eigenvalue weighted by Crippen LogP contribution is 2.37. The molecular weight excluding hydrogens is 566 g/mol. The number of likely N-dealkylation sites (N-methyl/N-ethyl adjacent to an activating group) is 1. The first-order valence-electron chi connectivity index (χ1n) is 19.7. The van der Waals surface area contributed by atoms with Crippen molar-refractivity contribution in [2.45, 2.75) is 199 Å².